The normalized spacial score (nSPS) is 11.7. The largest absolute Gasteiger partial charge is 0.493 e. The molecule has 13 heteroatoms. The van der Waals surface area contributed by atoms with Crippen molar-refractivity contribution in [2.45, 2.75) is 19.9 Å². The summed E-state index contributed by atoms with van der Waals surface area (Å²) in [7, 11) is 1.59. The van der Waals surface area contributed by atoms with Crippen molar-refractivity contribution in [2.75, 3.05) is 31.0 Å². The molecule has 0 fully saturated rings. The van der Waals surface area contributed by atoms with Crippen molar-refractivity contribution in [3.05, 3.63) is 94.5 Å². The second kappa shape index (κ2) is 12.7. The summed E-state index contributed by atoms with van der Waals surface area (Å²) in [6.07, 6.45) is 2.93. The Bertz CT molecular complexity index is 1820. The van der Waals surface area contributed by atoms with Crippen LogP contribution in [-0.4, -0.2) is 52.0 Å². The molecule has 2 aromatic carbocycles. The van der Waals surface area contributed by atoms with Crippen LogP contribution in [0.3, 0.4) is 0 Å². The lowest BCUT2D eigenvalue weighted by atomic mass is 10.2. The van der Waals surface area contributed by atoms with Gasteiger partial charge in [-0.15, -0.1) is 0 Å². The molecule has 1 amide bonds. The van der Waals surface area contributed by atoms with Gasteiger partial charge in [-0.2, -0.15) is 5.10 Å². The number of hydrogen-bond acceptors (Lipinski definition) is 8. The highest BCUT2D eigenvalue weighted by Crippen LogP contribution is 2.34. The third-order valence-corrected chi connectivity index (χ3v) is 6.32. The van der Waals surface area contributed by atoms with Crippen LogP contribution >= 0.6 is 0 Å². The van der Waals surface area contributed by atoms with E-state index in [9.17, 15) is 14.0 Å². The van der Waals surface area contributed by atoms with Gasteiger partial charge in [0.15, 0.2) is 23.0 Å². The number of amides is 1. The van der Waals surface area contributed by atoms with Gasteiger partial charge in [0.05, 0.1) is 13.2 Å². The number of carbonyl (C=O) groups is 1. The van der Waals surface area contributed by atoms with Crippen LogP contribution in [0.4, 0.5) is 20.3 Å². The van der Waals surface area contributed by atoms with Crippen LogP contribution in [0.5, 0.6) is 17.2 Å². The van der Waals surface area contributed by atoms with Gasteiger partial charge in [-0.25, -0.2) is 13.8 Å². The molecular formula is C30H28F2N6O5. The topological polar surface area (TPSA) is 132 Å². The fourth-order valence-corrected chi connectivity index (χ4v) is 4.42. The highest BCUT2D eigenvalue weighted by molar-refractivity contribution is 6.06. The molecule has 5 aromatic rings. The molecule has 0 aliphatic carbocycles. The molecule has 0 aliphatic rings. The van der Waals surface area contributed by atoms with Gasteiger partial charge in [0.2, 0.25) is 0 Å². The third-order valence-electron chi connectivity index (χ3n) is 6.32. The van der Waals surface area contributed by atoms with Gasteiger partial charge < -0.3 is 24.8 Å². The number of nitrogens with one attached hydrogen (secondary N) is 3. The summed E-state index contributed by atoms with van der Waals surface area (Å²) in [6, 6.07) is 12.0. The third kappa shape index (κ3) is 6.31. The Balaban J connectivity index is 1.40. The number of nitrogens with zero attached hydrogens (tertiary/aromatic N) is 3. The van der Waals surface area contributed by atoms with Crippen LogP contribution in [0.25, 0.3) is 16.7 Å². The molecular weight excluding hydrogens is 562 g/mol. The number of fused-ring (bicyclic) bond motifs is 1. The minimum Gasteiger partial charge on any atom is -0.493 e. The molecule has 0 aliphatic heterocycles. The van der Waals surface area contributed by atoms with E-state index >= 15 is 4.39 Å². The number of benzene rings is 2. The maximum atomic E-state index is 15.3. The highest BCUT2D eigenvalue weighted by atomic mass is 19.1. The van der Waals surface area contributed by atoms with E-state index in [0.29, 0.717) is 34.9 Å². The van der Waals surface area contributed by atoms with Gasteiger partial charge in [-0.1, -0.05) is 0 Å². The summed E-state index contributed by atoms with van der Waals surface area (Å²) in [6.45, 7) is 4.25. The number of methoxy groups -OCH3 is 1. The van der Waals surface area contributed by atoms with Gasteiger partial charge in [-0.3, -0.25) is 19.3 Å². The van der Waals surface area contributed by atoms with E-state index in [4.69, 9.17) is 14.2 Å². The molecule has 3 N–H and O–H groups in total. The summed E-state index contributed by atoms with van der Waals surface area (Å²) in [5, 5.41) is 13.3. The van der Waals surface area contributed by atoms with E-state index in [1.165, 1.54) is 59.4 Å². The van der Waals surface area contributed by atoms with E-state index in [1.54, 1.807) is 20.1 Å². The lowest BCUT2D eigenvalue weighted by Gasteiger charge is -2.14. The van der Waals surface area contributed by atoms with Crippen molar-refractivity contribution >= 4 is 28.4 Å². The summed E-state index contributed by atoms with van der Waals surface area (Å²) < 4.78 is 46.4. The number of H-pyrrole nitrogens is 1. The molecule has 222 valence electrons. The smallest absolute Gasteiger partial charge is 0.271 e. The Hall–Kier alpha value is -5.30. The van der Waals surface area contributed by atoms with E-state index in [-0.39, 0.29) is 35.4 Å². The average Bonchev–Trinajstić information content (AvgIpc) is 3.39. The Labute approximate surface area is 244 Å². The standard InChI is InChI=1S/C30H28F2N6O5/c1-4-42-23-12-14-38(20-8-5-18(31)6-9-20)30(40)26(23)29(39)35-19-7-10-22(21(32)15-19)43-24-11-13-33-27-25(24)28(37-36-27)34-17(2)16-41-3/h5-15,17H,4,16H2,1-3H3,(H,35,39)(H2,33,34,36,37). The molecule has 0 bridgehead atoms. The molecule has 5 rings (SSSR count). The van der Waals surface area contributed by atoms with Crippen molar-refractivity contribution in [1.29, 1.82) is 0 Å². The van der Waals surface area contributed by atoms with Crippen LogP contribution in [0.1, 0.15) is 24.2 Å². The molecule has 0 radical (unpaired) electrons. The minimum absolute atomic E-state index is 0.0508. The quantitative estimate of drug-likeness (QED) is 0.189. The average molecular weight is 591 g/mol. The Morgan fingerprint density at radius 2 is 1.86 bits per heavy atom. The van der Waals surface area contributed by atoms with Gasteiger partial charge >= 0.3 is 0 Å². The SMILES string of the molecule is CCOc1ccn(-c2ccc(F)cc2)c(=O)c1C(=O)Nc1ccc(Oc2ccnc3[nH]nc(NC(C)COC)c23)c(F)c1. The molecule has 0 spiro atoms. The lowest BCUT2D eigenvalue weighted by Crippen LogP contribution is -2.29. The number of halogens is 2. The molecule has 3 heterocycles. The number of anilines is 2. The molecule has 43 heavy (non-hydrogen) atoms. The first kappa shape index (κ1) is 29.2. The van der Waals surface area contributed by atoms with E-state index < -0.39 is 23.1 Å². The van der Waals surface area contributed by atoms with Crippen molar-refractivity contribution < 1.29 is 27.8 Å². The molecule has 1 atom stereocenters. The van der Waals surface area contributed by atoms with Crippen LogP contribution in [0.2, 0.25) is 0 Å². The minimum atomic E-state index is -0.812. The monoisotopic (exact) mass is 590 g/mol. The van der Waals surface area contributed by atoms with Gasteiger partial charge in [0.25, 0.3) is 11.5 Å². The number of aromatic nitrogens is 4. The maximum Gasteiger partial charge on any atom is 0.271 e. The van der Waals surface area contributed by atoms with Crippen molar-refractivity contribution in [3.8, 4) is 22.9 Å². The zero-order chi connectivity index (χ0) is 30.5. The maximum absolute atomic E-state index is 15.3. The zero-order valence-corrected chi connectivity index (χ0v) is 23.5. The number of rotatable bonds is 11. The molecule has 3 aromatic heterocycles. The second-order valence-electron chi connectivity index (χ2n) is 9.45. The molecule has 0 saturated heterocycles. The molecule has 11 nitrogen and oxygen atoms in total. The van der Waals surface area contributed by atoms with Crippen LogP contribution in [0, 0.1) is 11.6 Å². The van der Waals surface area contributed by atoms with Gasteiger partial charge in [0, 0.05) is 49.1 Å². The van der Waals surface area contributed by atoms with E-state index in [0.717, 1.165) is 6.07 Å². The number of ether oxygens (including phenoxy) is 3. The first-order valence-corrected chi connectivity index (χ1v) is 13.3. The summed E-state index contributed by atoms with van der Waals surface area (Å²) >= 11 is 0. The van der Waals surface area contributed by atoms with Crippen molar-refractivity contribution in [2.24, 2.45) is 0 Å². The lowest BCUT2D eigenvalue weighted by molar-refractivity contribution is 0.102. The zero-order valence-electron chi connectivity index (χ0n) is 23.5. The predicted molar refractivity (Wildman–Crippen MR) is 156 cm³/mol. The number of carbonyl (C=O) groups excluding carboxylic acids is 1. The van der Waals surface area contributed by atoms with Gasteiger partial charge in [-0.05, 0) is 56.3 Å². The van der Waals surface area contributed by atoms with Gasteiger partial charge in [0.1, 0.15) is 28.3 Å². The Morgan fingerprint density at radius 1 is 1.07 bits per heavy atom. The number of aromatic amines is 1. The predicted octanol–water partition coefficient (Wildman–Crippen LogP) is 5.28. The molecule has 1 unspecified atom stereocenters. The number of pyridine rings is 2. The summed E-state index contributed by atoms with van der Waals surface area (Å²) in [4.78, 5) is 30.9. The van der Waals surface area contributed by atoms with Crippen molar-refractivity contribution in [3.63, 3.8) is 0 Å². The van der Waals surface area contributed by atoms with Crippen LogP contribution < -0.4 is 25.7 Å². The fourth-order valence-electron chi connectivity index (χ4n) is 4.42. The second-order valence-corrected chi connectivity index (χ2v) is 9.45. The van der Waals surface area contributed by atoms with E-state index in [2.05, 4.69) is 25.8 Å². The van der Waals surface area contributed by atoms with E-state index in [1.807, 2.05) is 6.92 Å². The first-order chi connectivity index (χ1) is 20.8. The Kier molecular flexibility index (Phi) is 8.62. The summed E-state index contributed by atoms with van der Waals surface area (Å²) in [5.74, 6) is -1.35. The summed E-state index contributed by atoms with van der Waals surface area (Å²) in [5.41, 5.74) is -0.121. The van der Waals surface area contributed by atoms with Crippen LogP contribution in [-0.2, 0) is 4.74 Å². The van der Waals surface area contributed by atoms with Crippen LogP contribution in [0.15, 0.2) is 71.8 Å². The Morgan fingerprint density at radius 3 is 2.58 bits per heavy atom. The fraction of sp³-hybridized carbons (Fsp3) is 0.200. The molecule has 0 saturated carbocycles. The van der Waals surface area contributed by atoms with Crippen molar-refractivity contribution in [1.82, 2.24) is 19.7 Å². The number of hydrogen-bond donors (Lipinski definition) is 3. The highest BCUT2D eigenvalue weighted by Gasteiger charge is 2.21. The first-order valence-electron chi connectivity index (χ1n) is 13.3.